The number of thiophene rings is 1. The van der Waals surface area contributed by atoms with Gasteiger partial charge in [-0.1, -0.05) is 11.6 Å². The molecule has 10 heteroatoms. The van der Waals surface area contributed by atoms with Crippen molar-refractivity contribution in [2.45, 2.75) is 32.6 Å². The largest absolute Gasteiger partial charge is 0.462 e. The Morgan fingerprint density at radius 1 is 1.06 bits per heavy atom. The minimum Gasteiger partial charge on any atom is -0.462 e. The Kier molecular flexibility index (Phi) is 8.24. The van der Waals surface area contributed by atoms with Crippen molar-refractivity contribution in [2.24, 2.45) is 0 Å². The number of ether oxygens (including phenoxy) is 2. The highest BCUT2D eigenvalue weighted by atomic mass is 35.5. The molecular weight excluding hydrogens is 456 g/mol. The summed E-state index contributed by atoms with van der Waals surface area (Å²) < 4.78 is 10.1. The number of carbonyl (C=O) groups excluding carboxylic acids is 4. The molecule has 2 amide bonds. The Morgan fingerprint density at radius 3 is 2.50 bits per heavy atom. The third kappa shape index (κ3) is 6.08. The van der Waals surface area contributed by atoms with Crippen LogP contribution in [0.1, 0.15) is 50.9 Å². The first-order valence-electron chi connectivity index (χ1n) is 10.2. The number of carbonyl (C=O) groups is 4. The fraction of sp³-hybridized carbons (Fsp3) is 0.364. The molecule has 2 N–H and O–H groups in total. The molecule has 170 valence electrons. The maximum atomic E-state index is 12.4. The maximum Gasteiger partial charge on any atom is 0.341 e. The summed E-state index contributed by atoms with van der Waals surface area (Å²) in [7, 11) is 0. The van der Waals surface area contributed by atoms with E-state index in [4.69, 9.17) is 21.1 Å². The average Bonchev–Trinajstić information content (AvgIpc) is 3.14. The number of rotatable bonds is 8. The average molecular weight is 479 g/mol. The third-order valence-electron chi connectivity index (χ3n) is 4.77. The van der Waals surface area contributed by atoms with Crippen LogP contribution in [0.15, 0.2) is 24.3 Å². The van der Waals surface area contributed by atoms with Gasteiger partial charge in [-0.15, -0.1) is 11.3 Å². The molecule has 0 bridgehead atoms. The maximum absolute atomic E-state index is 12.4. The summed E-state index contributed by atoms with van der Waals surface area (Å²) >= 11 is 7.13. The number of hydrogen-bond acceptors (Lipinski definition) is 7. The molecule has 0 spiro atoms. The quantitative estimate of drug-likeness (QED) is 0.563. The number of aryl methyl sites for hydroxylation is 1. The number of nitrogens with one attached hydrogen (secondary N) is 2. The zero-order valence-corrected chi connectivity index (χ0v) is 19.1. The highest BCUT2D eigenvalue weighted by molar-refractivity contribution is 7.17. The van der Waals surface area contributed by atoms with Gasteiger partial charge in [-0.25, -0.2) is 4.79 Å². The molecule has 8 nitrogen and oxygen atoms in total. The molecule has 2 aromatic rings. The second kappa shape index (κ2) is 11.1. The van der Waals surface area contributed by atoms with Crippen molar-refractivity contribution in [2.75, 3.05) is 25.1 Å². The number of esters is 2. The van der Waals surface area contributed by atoms with E-state index >= 15 is 0 Å². The molecule has 0 atom stereocenters. The van der Waals surface area contributed by atoms with E-state index in [-0.39, 0.29) is 6.61 Å². The van der Waals surface area contributed by atoms with Crippen molar-refractivity contribution in [3.8, 4) is 0 Å². The summed E-state index contributed by atoms with van der Waals surface area (Å²) in [6.07, 6.45) is 3.62. The van der Waals surface area contributed by atoms with Crippen LogP contribution in [0.4, 0.5) is 5.00 Å². The predicted molar refractivity (Wildman–Crippen MR) is 120 cm³/mol. The number of amides is 2. The summed E-state index contributed by atoms with van der Waals surface area (Å²) in [5.41, 5.74) is 1.66. The second-order valence-electron chi connectivity index (χ2n) is 7.03. The van der Waals surface area contributed by atoms with Gasteiger partial charge in [0.2, 0.25) is 0 Å². The summed E-state index contributed by atoms with van der Waals surface area (Å²) in [5.74, 6) is -2.28. The lowest BCUT2D eigenvalue weighted by molar-refractivity contribution is -0.146. The minimum atomic E-state index is -0.765. The Balaban J connectivity index is 1.53. The Bertz CT molecular complexity index is 1020. The summed E-state index contributed by atoms with van der Waals surface area (Å²) in [6.45, 7) is 1.02. The Hall–Kier alpha value is -2.91. The standard InChI is InChI=1S/C22H23ClN2O6S/c1-2-30-22(29)19-15-5-3-4-6-16(15)32-21(19)25-17(26)12-31-18(27)11-24-20(28)13-7-9-14(23)10-8-13/h7-10H,2-6,11-12H2,1H3,(H,24,28)(H,25,26). The molecule has 1 aliphatic carbocycles. The van der Waals surface area contributed by atoms with Gasteiger partial charge in [0.15, 0.2) is 6.61 Å². The van der Waals surface area contributed by atoms with E-state index in [1.165, 1.54) is 23.5 Å². The van der Waals surface area contributed by atoms with Gasteiger partial charge < -0.3 is 20.1 Å². The van der Waals surface area contributed by atoms with Gasteiger partial charge in [0.05, 0.1) is 12.2 Å². The minimum absolute atomic E-state index is 0.232. The van der Waals surface area contributed by atoms with Gasteiger partial charge in [-0.3, -0.25) is 14.4 Å². The van der Waals surface area contributed by atoms with Crippen LogP contribution in [-0.4, -0.2) is 43.5 Å². The smallest absolute Gasteiger partial charge is 0.341 e. The SMILES string of the molecule is CCOC(=O)c1c(NC(=O)COC(=O)CNC(=O)c2ccc(Cl)cc2)sc2c1CCCC2. The van der Waals surface area contributed by atoms with Crippen LogP contribution in [0.2, 0.25) is 5.02 Å². The van der Waals surface area contributed by atoms with Crippen LogP contribution in [0.25, 0.3) is 0 Å². The zero-order valence-electron chi connectivity index (χ0n) is 17.5. The number of hydrogen-bond donors (Lipinski definition) is 2. The Labute approximate surface area is 194 Å². The van der Waals surface area contributed by atoms with E-state index in [1.54, 1.807) is 19.1 Å². The van der Waals surface area contributed by atoms with Gasteiger partial charge in [0.1, 0.15) is 11.5 Å². The molecule has 0 unspecified atom stereocenters. The molecule has 1 aromatic heterocycles. The van der Waals surface area contributed by atoms with Crippen molar-refractivity contribution in [3.05, 3.63) is 50.9 Å². The first-order valence-corrected chi connectivity index (χ1v) is 11.4. The second-order valence-corrected chi connectivity index (χ2v) is 8.58. The molecule has 0 saturated carbocycles. The van der Waals surface area contributed by atoms with Gasteiger partial charge in [-0.2, -0.15) is 0 Å². The number of fused-ring (bicyclic) bond motifs is 1. The monoisotopic (exact) mass is 478 g/mol. The van der Waals surface area contributed by atoms with E-state index in [9.17, 15) is 19.2 Å². The van der Waals surface area contributed by atoms with Gasteiger partial charge in [0, 0.05) is 15.5 Å². The fourth-order valence-electron chi connectivity index (χ4n) is 3.29. The van der Waals surface area contributed by atoms with Crippen LogP contribution < -0.4 is 10.6 Å². The molecule has 1 aromatic carbocycles. The van der Waals surface area contributed by atoms with Crippen LogP contribution in [0.3, 0.4) is 0 Å². The number of anilines is 1. The molecule has 32 heavy (non-hydrogen) atoms. The first-order chi connectivity index (χ1) is 15.4. The van der Waals surface area contributed by atoms with E-state index in [2.05, 4.69) is 10.6 Å². The normalized spacial score (nSPS) is 12.4. The molecule has 0 fully saturated rings. The number of benzene rings is 1. The molecule has 3 rings (SSSR count). The van der Waals surface area contributed by atoms with Crippen molar-refractivity contribution < 1.29 is 28.7 Å². The lowest BCUT2D eigenvalue weighted by Gasteiger charge is -2.12. The van der Waals surface area contributed by atoms with Crippen molar-refractivity contribution in [1.82, 2.24) is 5.32 Å². The van der Waals surface area contributed by atoms with E-state index < -0.39 is 36.9 Å². The summed E-state index contributed by atoms with van der Waals surface area (Å²) in [4.78, 5) is 49.7. The van der Waals surface area contributed by atoms with Crippen LogP contribution >= 0.6 is 22.9 Å². The van der Waals surface area contributed by atoms with Crippen LogP contribution in [0, 0.1) is 0 Å². The molecular formula is C22H23ClN2O6S. The van der Waals surface area contributed by atoms with E-state index in [0.29, 0.717) is 21.2 Å². The number of halogens is 1. The predicted octanol–water partition coefficient (Wildman–Crippen LogP) is 3.37. The molecule has 1 heterocycles. The van der Waals surface area contributed by atoms with Gasteiger partial charge >= 0.3 is 11.9 Å². The fourth-order valence-corrected chi connectivity index (χ4v) is 4.71. The van der Waals surface area contributed by atoms with Crippen LogP contribution in [-0.2, 0) is 31.9 Å². The highest BCUT2D eigenvalue weighted by Crippen LogP contribution is 2.38. The Morgan fingerprint density at radius 2 is 1.78 bits per heavy atom. The van der Waals surface area contributed by atoms with E-state index in [1.807, 2.05) is 0 Å². The highest BCUT2D eigenvalue weighted by Gasteiger charge is 2.27. The molecule has 0 aliphatic heterocycles. The van der Waals surface area contributed by atoms with Crippen molar-refractivity contribution in [1.29, 1.82) is 0 Å². The van der Waals surface area contributed by atoms with Gasteiger partial charge in [0.25, 0.3) is 11.8 Å². The van der Waals surface area contributed by atoms with Crippen LogP contribution in [0.5, 0.6) is 0 Å². The topological polar surface area (TPSA) is 111 Å². The van der Waals surface area contributed by atoms with Crippen molar-refractivity contribution in [3.63, 3.8) is 0 Å². The van der Waals surface area contributed by atoms with E-state index in [0.717, 1.165) is 36.1 Å². The lowest BCUT2D eigenvalue weighted by Crippen LogP contribution is -2.32. The summed E-state index contributed by atoms with van der Waals surface area (Å²) in [6, 6.07) is 6.18. The zero-order chi connectivity index (χ0) is 23.1. The molecule has 0 saturated heterocycles. The molecule has 1 aliphatic rings. The van der Waals surface area contributed by atoms with Gasteiger partial charge in [-0.05, 0) is 62.4 Å². The lowest BCUT2D eigenvalue weighted by atomic mass is 9.95. The molecule has 0 radical (unpaired) electrons. The van der Waals surface area contributed by atoms with Crippen molar-refractivity contribution >= 4 is 51.7 Å². The summed E-state index contributed by atoms with van der Waals surface area (Å²) in [5, 5.41) is 5.98. The third-order valence-corrected chi connectivity index (χ3v) is 6.23. The first kappa shape index (κ1) is 23.7.